The molecule has 0 fully saturated rings. The fourth-order valence-corrected chi connectivity index (χ4v) is 1.60. The topological polar surface area (TPSA) is 108 Å². The van der Waals surface area contributed by atoms with E-state index in [0.29, 0.717) is 10.2 Å². The molecule has 4 N–H and O–H groups in total. The van der Waals surface area contributed by atoms with Crippen molar-refractivity contribution in [2.75, 3.05) is 18.4 Å². The maximum atomic E-state index is 12.8. The summed E-state index contributed by atoms with van der Waals surface area (Å²) in [6.45, 7) is -0.899. The molecule has 20 heavy (non-hydrogen) atoms. The third-order valence-electron chi connectivity index (χ3n) is 2.03. The summed E-state index contributed by atoms with van der Waals surface area (Å²) >= 11 is 3.07. The first-order valence-electron chi connectivity index (χ1n) is 5.37. The van der Waals surface area contributed by atoms with Crippen molar-refractivity contribution in [3.63, 3.8) is 0 Å². The van der Waals surface area contributed by atoms with Gasteiger partial charge in [-0.15, -0.1) is 0 Å². The number of urea groups is 1. The number of benzene rings is 1. The third kappa shape index (κ3) is 5.65. The zero-order valence-electron chi connectivity index (χ0n) is 10.1. The lowest BCUT2D eigenvalue weighted by Gasteiger charge is -2.09. The maximum absolute atomic E-state index is 12.8. The van der Waals surface area contributed by atoms with Crippen LogP contribution < -0.4 is 16.0 Å². The standard InChI is InChI=1S/C11H11BrFN3O4/c12-7-3-6(13)1-2-8(7)16-11(20)15-4-9(17)14-5-10(18)19/h1-3H,4-5H2,(H,14,17)(H,18,19)(H2,15,16,20). The summed E-state index contributed by atoms with van der Waals surface area (Å²) in [5.74, 6) is -2.28. The molecule has 0 spiro atoms. The Morgan fingerprint density at radius 1 is 1.20 bits per heavy atom. The summed E-state index contributed by atoms with van der Waals surface area (Å²) in [7, 11) is 0. The van der Waals surface area contributed by atoms with Crippen LogP contribution in [0.15, 0.2) is 22.7 Å². The van der Waals surface area contributed by atoms with Gasteiger partial charge in [0.2, 0.25) is 5.91 Å². The Hall–Kier alpha value is -2.16. The highest BCUT2D eigenvalue weighted by Gasteiger charge is 2.08. The Morgan fingerprint density at radius 2 is 1.90 bits per heavy atom. The second-order valence-corrected chi connectivity index (χ2v) is 4.46. The van der Waals surface area contributed by atoms with Crippen LogP contribution in [-0.4, -0.2) is 36.1 Å². The van der Waals surface area contributed by atoms with Gasteiger partial charge in [0.15, 0.2) is 0 Å². The molecule has 108 valence electrons. The first kappa shape index (κ1) is 15.9. The molecule has 1 aromatic carbocycles. The molecule has 0 saturated carbocycles. The summed E-state index contributed by atoms with van der Waals surface area (Å²) in [5.41, 5.74) is 0.329. The number of hydrogen-bond acceptors (Lipinski definition) is 3. The van der Waals surface area contributed by atoms with Gasteiger partial charge >= 0.3 is 12.0 Å². The van der Waals surface area contributed by atoms with Gasteiger partial charge in [0.05, 0.1) is 12.2 Å². The van der Waals surface area contributed by atoms with Crippen LogP contribution in [0.3, 0.4) is 0 Å². The lowest BCUT2D eigenvalue weighted by molar-refractivity contribution is -0.137. The van der Waals surface area contributed by atoms with Crippen LogP contribution in [-0.2, 0) is 9.59 Å². The molecule has 3 amide bonds. The van der Waals surface area contributed by atoms with E-state index >= 15 is 0 Å². The van der Waals surface area contributed by atoms with Crippen LogP contribution in [0.2, 0.25) is 0 Å². The van der Waals surface area contributed by atoms with E-state index in [2.05, 4.69) is 31.9 Å². The van der Waals surface area contributed by atoms with Crippen molar-refractivity contribution < 1.29 is 23.9 Å². The number of hydrogen-bond donors (Lipinski definition) is 4. The van der Waals surface area contributed by atoms with Crippen molar-refractivity contribution in [3.05, 3.63) is 28.5 Å². The molecule has 0 bridgehead atoms. The largest absolute Gasteiger partial charge is 0.480 e. The smallest absolute Gasteiger partial charge is 0.322 e. The molecule has 0 heterocycles. The Kier molecular flexibility index (Phi) is 5.91. The fourth-order valence-electron chi connectivity index (χ4n) is 1.15. The zero-order chi connectivity index (χ0) is 15.1. The molecule has 7 nitrogen and oxygen atoms in total. The predicted octanol–water partition coefficient (Wildman–Crippen LogP) is 0.910. The van der Waals surface area contributed by atoms with E-state index in [1.807, 2.05) is 0 Å². The number of carbonyl (C=O) groups is 3. The van der Waals surface area contributed by atoms with Gasteiger partial charge in [-0.25, -0.2) is 9.18 Å². The molecular weight excluding hydrogens is 337 g/mol. The van der Waals surface area contributed by atoms with Crippen LogP contribution in [0.4, 0.5) is 14.9 Å². The minimum atomic E-state index is -1.18. The van der Waals surface area contributed by atoms with E-state index < -0.39 is 30.3 Å². The van der Waals surface area contributed by atoms with Gasteiger partial charge in [0.25, 0.3) is 0 Å². The number of rotatable bonds is 5. The maximum Gasteiger partial charge on any atom is 0.322 e. The zero-order valence-corrected chi connectivity index (χ0v) is 11.7. The molecule has 0 radical (unpaired) electrons. The fraction of sp³-hybridized carbons (Fsp3) is 0.182. The molecule has 1 aromatic rings. The summed E-state index contributed by atoms with van der Waals surface area (Å²) in [4.78, 5) is 32.8. The number of amides is 3. The van der Waals surface area contributed by atoms with Gasteiger partial charge in [0.1, 0.15) is 12.4 Å². The molecular formula is C11H11BrFN3O4. The molecule has 0 aliphatic carbocycles. The summed E-state index contributed by atoms with van der Waals surface area (Å²) in [6.07, 6.45) is 0. The lowest BCUT2D eigenvalue weighted by atomic mass is 10.3. The Morgan fingerprint density at radius 3 is 2.50 bits per heavy atom. The summed E-state index contributed by atoms with van der Waals surface area (Å²) < 4.78 is 13.2. The van der Waals surface area contributed by atoms with Crippen molar-refractivity contribution >= 4 is 39.5 Å². The third-order valence-corrected chi connectivity index (χ3v) is 2.68. The van der Waals surface area contributed by atoms with Crippen molar-refractivity contribution in [2.45, 2.75) is 0 Å². The van der Waals surface area contributed by atoms with Crippen LogP contribution >= 0.6 is 15.9 Å². The molecule has 0 aliphatic rings. The number of anilines is 1. The van der Waals surface area contributed by atoms with Crippen LogP contribution in [0.25, 0.3) is 0 Å². The molecule has 0 saturated heterocycles. The van der Waals surface area contributed by atoms with E-state index in [1.54, 1.807) is 0 Å². The highest BCUT2D eigenvalue weighted by atomic mass is 79.9. The van der Waals surface area contributed by atoms with Crippen molar-refractivity contribution in [2.24, 2.45) is 0 Å². The van der Waals surface area contributed by atoms with E-state index in [0.717, 1.165) is 0 Å². The number of carboxylic acid groups (broad SMARTS) is 1. The van der Waals surface area contributed by atoms with E-state index in [9.17, 15) is 18.8 Å². The quantitative estimate of drug-likeness (QED) is 0.634. The van der Waals surface area contributed by atoms with Crippen molar-refractivity contribution in [1.82, 2.24) is 10.6 Å². The minimum absolute atomic E-state index is 0.329. The highest BCUT2D eigenvalue weighted by molar-refractivity contribution is 9.10. The monoisotopic (exact) mass is 347 g/mol. The van der Waals surface area contributed by atoms with Crippen molar-refractivity contribution in [3.8, 4) is 0 Å². The van der Waals surface area contributed by atoms with Gasteiger partial charge in [-0.05, 0) is 34.1 Å². The van der Waals surface area contributed by atoms with Gasteiger partial charge in [-0.3, -0.25) is 9.59 Å². The Bertz CT molecular complexity index is 538. The number of carbonyl (C=O) groups excluding carboxylic acids is 2. The van der Waals surface area contributed by atoms with Gasteiger partial charge in [-0.1, -0.05) is 0 Å². The first-order chi connectivity index (χ1) is 9.38. The molecule has 1 rings (SSSR count). The Labute approximate surface area is 121 Å². The number of aliphatic carboxylic acids is 1. The molecule has 0 aromatic heterocycles. The first-order valence-corrected chi connectivity index (χ1v) is 6.16. The second-order valence-electron chi connectivity index (χ2n) is 3.60. The molecule has 0 aliphatic heterocycles. The molecule has 0 unspecified atom stereocenters. The summed E-state index contributed by atoms with van der Waals surface area (Å²) in [5, 5.41) is 15.0. The van der Waals surface area contributed by atoms with Crippen molar-refractivity contribution in [1.29, 1.82) is 0 Å². The van der Waals surface area contributed by atoms with Crippen LogP contribution in [0.5, 0.6) is 0 Å². The summed E-state index contributed by atoms with van der Waals surface area (Å²) in [6, 6.07) is 3.02. The number of carboxylic acids is 1. The number of nitrogens with one attached hydrogen (secondary N) is 3. The lowest BCUT2D eigenvalue weighted by Crippen LogP contribution is -2.40. The van der Waals surface area contributed by atoms with E-state index in [1.165, 1.54) is 18.2 Å². The average Bonchev–Trinajstić information content (AvgIpc) is 2.37. The Balaban J connectivity index is 2.40. The minimum Gasteiger partial charge on any atom is -0.480 e. The molecule has 9 heteroatoms. The molecule has 0 atom stereocenters. The van der Waals surface area contributed by atoms with Gasteiger partial charge in [0, 0.05) is 4.47 Å². The second kappa shape index (κ2) is 7.43. The SMILES string of the molecule is O=C(O)CNC(=O)CNC(=O)Nc1ccc(F)cc1Br. The van der Waals surface area contributed by atoms with Gasteiger partial charge < -0.3 is 21.1 Å². The predicted molar refractivity (Wildman–Crippen MR) is 71.8 cm³/mol. The number of halogens is 2. The van der Waals surface area contributed by atoms with E-state index in [-0.39, 0.29) is 6.54 Å². The average molecular weight is 348 g/mol. The highest BCUT2D eigenvalue weighted by Crippen LogP contribution is 2.22. The normalized spacial score (nSPS) is 9.70. The van der Waals surface area contributed by atoms with Gasteiger partial charge in [-0.2, -0.15) is 0 Å². The van der Waals surface area contributed by atoms with Crippen LogP contribution in [0, 0.1) is 5.82 Å². The van der Waals surface area contributed by atoms with E-state index in [4.69, 9.17) is 5.11 Å². The van der Waals surface area contributed by atoms with Crippen LogP contribution in [0.1, 0.15) is 0 Å².